The summed E-state index contributed by atoms with van der Waals surface area (Å²) in [5.74, 6) is 0. The van der Waals surface area contributed by atoms with E-state index in [4.69, 9.17) is 0 Å². The van der Waals surface area contributed by atoms with Crippen molar-refractivity contribution in [3.05, 3.63) is 58.7 Å². The second kappa shape index (κ2) is 7.95. The summed E-state index contributed by atoms with van der Waals surface area (Å²) in [6.45, 7) is 12.3. The zero-order valence-corrected chi connectivity index (χ0v) is 16.3. The van der Waals surface area contributed by atoms with Crippen LogP contribution in [0.1, 0.15) is 49.9 Å². The highest BCUT2D eigenvalue weighted by atomic mass is 15.4. The van der Waals surface area contributed by atoms with Gasteiger partial charge < -0.3 is 9.80 Å². The zero-order valence-electron chi connectivity index (χ0n) is 16.3. The van der Waals surface area contributed by atoms with Gasteiger partial charge in [-0.15, -0.1) is 0 Å². The molecule has 0 N–H and O–H groups in total. The fourth-order valence-electron chi connectivity index (χ4n) is 4.20. The molecule has 0 aliphatic carbocycles. The van der Waals surface area contributed by atoms with Crippen LogP contribution in [0.2, 0.25) is 0 Å². The minimum atomic E-state index is 1.01. The minimum Gasteiger partial charge on any atom is -0.352 e. The van der Waals surface area contributed by atoms with Crippen molar-refractivity contribution >= 4 is 11.4 Å². The average Bonchev–Trinajstić information content (AvgIpc) is 3.15. The lowest BCUT2D eigenvalue weighted by Crippen LogP contribution is -2.27. The first-order chi connectivity index (χ1) is 12.2. The highest BCUT2D eigenvalue weighted by Crippen LogP contribution is 2.33. The maximum atomic E-state index is 2.60. The number of rotatable bonds is 6. The Morgan fingerprint density at radius 2 is 0.920 bits per heavy atom. The molecular formula is C23H32N2. The Bertz CT molecular complexity index is 614. The van der Waals surface area contributed by atoms with Crippen LogP contribution in [0.25, 0.3) is 0 Å². The van der Waals surface area contributed by atoms with Gasteiger partial charge >= 0.3 is 0 Å². The molecule has 2 aromatic rings. The molecule has 0 spiro atoms. The van der Waals surface area contributed by atoms with Gasteiger partial charge in [-0.3, -0.25) is 0 Å². The molecule has 0 radical (unpaired) electrons. The van der Waals surface area contributed by atoms with E-state index in [0.717, 1.165) is 45.4 Å². The Morgan fingerprint density at radius 3 is 1.20 bits per heavy atom. The molecule has 2 heteroatoms. The molecule has 1 aliphatic heterocycles. The van der Waals surface area contributed by atoms with Crippen molar-refractivity contribution in [2.24, 2.45) is 0 Å². The summed E-state index contributed by atoms with van der Waals surface area (Å²) >= 11 is 0. The van der Waals surface area contributed by atoms with Crippen molar-refractivity contribution in [3.8, 4) is 0 Å². The van der Waals surface area contributed by atoms with Gasteiger partial charge in [-0.1, -0.05) is 64.1 Å². The third kappa shape index (κ3) is 3.40. The van der Waals surface area contributed by atoms with Crippen molar-refractivity contribution in [3.63, 3.8) is 0 Å². The van der Waals surface area contributed by atoms with E-state index in [1.165, 1.54) is 33.6 Å². The molecule has 0 amide bonds. The summed E-state index contributed by atoms with van der Waals surface area (Å²) in [6, 6.07) is 13.6. The molecule has 134 valence electrons. The molecule has 0 unspecified atom stereocenters. The first-order valence-electron chi connectivity index (χ1n) is 9.94. The van der Waals surface area contributed by atoms with Crippen LogP contribution in [-0.2, 0) is 25.7 Å². The van der Waals surface area contributed by atoms with Gasteiger partial charge in [0.15, 0.2) is 0 Å². The van der Waals surface area contributed by atoms with E-state index in [9.17, 15) is 0 Å². The van der Waals surface area contributed by atoms with Crippen molar-refractivity contribution in [1.82, 2.24) is 0 Å². The molecule has 1 heterocycles. The van der Waals surface area contributed by atoms with E-state index < -0.39 is 0 Å². The Hall–Kier alpha value is -1.96. The van der Waals surface area contributed by atoms with Gasteiger partial charge in [0.05, 0.1) is 6.67 Å². The topological polar surface area (TPSA) is 6.48 Å². The fraction of sp³-hybridized carbons (Fsp3) is 0.478. The van der Waals surface area contributed by atoms with E-state index in [1.807, 2.05) is 0 Å². The van der Waals surface area contributed by atoms with E-state index in [0.29, 0.717) is 0 Å². The summed E-state index contributed by atoms with van der Waals surface area (Å²) in [5, 5.41) is 0. The lowest BCUT2D eigenvalue weighted by molar-refractivity contribution is 0.904. The number of para-hydroxylation sites is 2. The first-order valence-corrected chi connectivity index (χ1v) is 9.94. The maximum absolute atomic E-state index is 2.60. The SMILES string of the molecule is CCc1cccc(CC)c1N1CCN(c2c(CC)cccc2CC)C1. The molecule has 0 bridgehead atoms. The molecule has 2 aromatic carbocycles. The first kappa shape index (κ1) is 17.8. The van der Waals surface area contributed by atoms with Crippen LogP contribution in [-0.4, -0.2) is 19.8 Å². The molecule has 1 aliphatic rings. The van der Waals surface area contributed by atoms with E-state index in [1.54, 1.807) is 0 Å². The van der Waals surface area contributed by atoms with Gasteiger partial charge in [-0.05, 0) is 47.9 Å². The highest BCUT2D eigenvalue weighted by Gasteiger charge is 2.26. The van der Waals surface area contributed by atoms with Crippen LogP contribution in [0.5, 0.6) is 0 Å². The largest absolute Gasteiger partial charge is 0.352 e. The van der Waals surface area contributed by atoms with E-state index in [2.05, 4.69) is 73.9 Å². The van der Waals surface area contributed by atoms with Crippen LogP contribution >= 0.6 is 0 Å². The second-order valence-electron chi connectivity index (χ2n) is 6.93. The number of anilines is 2. The van der Waals surface area contributed by atoms with Crippen LogP contribution in [0.15, 0.2) is 36.4 Å². The smallest absolute Gasteiger partial charge is 0.0904 e. The summed E-state index contributed by atoms with van der Waals surface area (Å²) in [4.78, 5) is 5.20. The third-order valence-electron chi connectivity index (χ3n) is 5.54. The molecule has 25 heavy (non-hydrogen) atoms. The average molecular weight is 337 g/mol. The normalized spacial score (nSPS) is 14.4. The lowest BCUT2D eigenvalue weighted by atomic mass is 10.0. The van der Waals surface area contributed by atoms with Crippen molar-refractivity contribution in [2.45, 2.75) is 53.4 Å². The second-order valence-corrected chi connectivity index (χ2v) is 6.93. The molecular weight excluding hydrogens is 304 g/mol. The predicted octanol–water partition coefficient (Wildman–Crippen LogP) is 5.22. The molecule has 2 nitrogen and oxygen atoms in total. The number of hydrogen-bond acceptors (Lipinski definition) is 2. The third-order valence-corrected chi connectivity index (χ3v) is 5.54. The quantitative estimate of drug-likeness (QED) is 0.713. The number of hydrogen-bond donors (Lipinski definition) is 0. The zero-order chi connectivity index (χ0) is 17.8. The number of benzene rings is 2. The standard InChI is InChI=1S/C23H32N2/c1-5-18-11-9-12-19(6-2)22(18)24-15-16-25(17-24)23-20(7-3)13-10-14-21(23)8-4/h9-14H,5-8,15-17H2,1-4H3. The Morgan fingerprint density at radius 1 is 0.600 bits per heavy atom. The van der Waals surface area contributed by atoms with E-state index in [-0.39, 0.29) is 0 Å². The Labute approximate surface area is 153 Å². The summed E-state index contributed by atoms with van der Waals surface area (Å²) < 4.78 is 0. The number of nitrogens with zero attached hydrogens (tertiary/aromatic N) is 2. The number of aryl methyl sites for hydroxylation is 4. The van der Waals surface area contributed by atoms with Gasteiger partial charge in [0.1, 0.15) is 0 Å². The van der Waals surface area contributed by atoms with Crippen LogP contribution in [0.3, 0.4) is 0 Å². The fourth-order valence-corrected chi connectivity index (χ4v) is 4.20. The van der Waals surface area contributed by atoms with Gasteiger partial charge in [-0.25, -0.2) is 0 Å². The molecule has 1 saturated heterocycles. The molecule has 1 fully saturated rings. The molecule has 0 saturated carbocycles. The predicted molar refractivity (Wildman–Crippen MR) is 110 cm³/mol. The van der Waals surface area contributed by atoms with Crippen LogP contribution in [0.4, 0.5) is 11.4 Å². The van der Waals surface area contributed by atoms with Crippen molar-refractivity contribution in [2.75, 3.05) is 29.6 Å². The minimum absolute atomic E-state index is 1.01. The van der Waals surface area contributed by atoms with Crippen molar-refractivity contribution in [1.29, 1.82) is 0 Å². The highest BCUT2D eigenvalue weighted by molar-refractivity contribution is 5.66. The van der Waals surface area contributed by atoms with Gasteiger partial charge in [0.2, 0.25) is 0 Å². The van der Waals surface area contributed by atoms with Gasteiger partial charge in [-0.2, -0.15) is 0 Å². The van der Waals surface area contributed by atoms with Gasteiger partial charge in [0.25, 0.3) is 0 Å². The Balaban J connectivity index is 1.94. The molecule has 0 aromatic heterocycles. The molecule has 0 atom stereocenters. The summed E-state index contributed by atoms with van der Waals surface area (Å²) in [6.07, 6.45) is 4.41. The van der Waals surface area contributed by atoms with Gasteiger partial charge in [0, 0.05) is 24.5 Å². The molecule has 3 rings (SSSR count). The van der Waals surface area contributed by atoms with E-state index >= 15 is 0 Å². The monoisotopic (exact) mass is 336 g/mol. The van der Waals surface area contributed by atoms with Crippen LogP contribution in [0, 0.1) is 0 Å². The van der Waals surface area contributed by atoms with Crippen LogP contribution < -0.4 is 9.80 Å². The lowest BCUT2D eigenvalue weighted by Gasteiger charge is -2.28. The summed E-state index contributed by atoms with van der Waals surface area (Å²) in [5.41, 5.74) is 8.92. The summed E-state index contributed by atoms with van der Waals surface area (Å²) in [7, 11) is 0. The van der Waals surface area contributed by atoms with Crippen molar-refractivity contribution < 1.29 is 0 Å². The Kier molecular flexibility index (Phi) is 5.67. The maximum Gasteiger partial charge on any atom is 0.0904 e.